The van der Waals surface area contributed by atoms with Gasteiger partial charge in [-0.3, -0.25) is 19.7 Å². The molecule has 0 fully saturated rings. The average molecular weight is 259 g/mol. The fraction of sp³-hybridized carbons (Fsp3) is 0.0909. The van der Waals surface area contributed by atoms with Gasteiger partial charge in [-0.1, -0.05) is 0 Å². The van der Waals surface area contributed by atoms with Crippen molar-refractivity contribution >= 4 is 11.2 Å². The minimum absolute atomic E-state index is 0.197. The first-order valence-electron chi connectivity index (χ1n) is 5.39. The summed E-state index contributed by atoms with van der Waals surface area (Å²) in [6.07, 6.45) is 3.12. The van der Waals surface area contributed by atoms with E-state index >= 15 is 0 Å². The number of fused-ring (bicyclic) bond motifs is 1. The predicted molar refractivity (Wildman–Crippen MR) is 67.1 cm³/mol. The van der Waals surface area contributed by atoms with Crippen LogP contribution in [0.4, 0.5) is 0 Å². The minimum Gasteiger partial charge on any atom is -0.494 e. The van der Waals surface area contributed by atoms with E-state index in [1.54, 1.807) is 12.3 Å². The van der Waals surface area contributed by atoms with E-state index in [0.29, 0.717) is 17.1 Å². The molecule has 0 aliphatic rings. The maximum absolute atomic E-state index is 11.6. The summed E-state index contributed by atoms with van der Waals surface area (Å²) in [5.74, 6) is 0.932. The van der Waals surface area contributed by atoms with Gasteiger partial charge in [-0.2, -0.15) is 0 Å². The first-order valence-corrected chi connectivity index (χ1v) is 5.39. The number of hydrogen-bond acceptors (Lipinski definition) is 5. The molecule has 96 valence electrons. The topological polar surface area (TPSA) is 117 Å². The molecule has 0 saturated carbocycles. The molecule has 8 heteroatoms. The van der Waals surface area contributed by atoms with Crippen molar-refractivity contribution in [1.82, 2.24) is 24.9 Å². The Morgan fingerprint density at radius 2 is 2.05 bits per heavy atom. The zero-order valence-electron chi connectivity index (χ0n) is 9.85. The summed E-state index contributed by atoms with van der Waals surface area (Å²) in [7, 11) is 1.51. The largest absolute Gasteiger partial charge is 0.494 e. The Hall–Kier alpha value is -2.90. The molecule has 0 amide bonds. The number of hydrogen-bond donors (Lipinski definition) is 3. The molecule has 0 spiro atoms. The minimum atomic E-state index is -0.600. The molecule has 0 aliphatic heterocycles. The molecule has 3 rings (SSSR count). The number of nitrogens with zero attached hydrogens (tertiary/aromatic N) is 2. The normalized spacial score (nSPS) is 10.8. The van der Waals surface area contributed by atoms with E-state index in [-0.39, 0.29) is 11.2 Å². The van der Waals surface area contributed by atoms with E-state index in [2.05, 4.69) is 24.9 Å². The fourth-order valence-corrected chi connectivity index (χ4v) is 1.80. The smallest absolute Gasteiger partial charge is 0.327 e. The molecule has 0 radical (unpaired) electrons. The highest BCUT2D eigenvalue weighted by Crippen LogP contribution is 2.26. The summed E-state index contributed by atoms with van der Waals surface area (Å²) in [6.45, 7) is 0. The fourth-order valence-electron chi connectivity index (χ4n) is 1.80. The second kappa shape index (κ2) is 4.09. The maximum Gasteiger partial charge on any atom is 0.327 e. The number of imidazole rings is 1. The van der Waals surface area contributed by atoms with Gasteiger partial charge in [-0.05, 0) is 6.07 Å². The van der Waals surface area contributed by atoms with Crippen molar-refractivity contribution in [3.05, 3.63) is 39.3 Å². The van der Waals surface area contributed by atoms with Crippen LogP contribution in [-0.4, -0.2) is 32.0 Å². The van der Waals surface area contributed by atoms with Gasteiger partial charge in [0.25, 0.3) is 5.56 Å². The summed E-state index contributed by atoms with van der Waals surface area (Å²) in [5.41, 5.74) is -0.0761. The van der Waals surface area contributed by atoms with E-state index in [1.807, 2.05) is 0 Å². The van der Waals surface area contributed by atoms with Crippen molar-refractivity contribution < 1.29 is 4.74 Å². The molecule has 3 aromatic rings. The summed E-state index contributed by atoms with van der Waals surface area (Å²) in [4.78, 5) is 38.3. The second-order valence-electron chi connectivity index (χ2n) is 3.79. The van der Waals surface area contributed by atoms with Crippen LogP contribution < -0.4 is 16.0 Å². The van der Waals surface area contributed by atoms with Gasteiger partial charge in [0, 0.05) is 6.20 Å². The molecule has 0 aromatic carbocycles. The van der Waals surface area contributed by atoms with Gasteiger partial charge in [0.1, 0.15) is 17.1 Å². The van der Waals surface area contributed by atoms with E-state index in [0.717, 1.165) is 0 Å². The predicted octanol–water partition coefficient (Wildman–Crippen LogP) is 0.0101. The number of aromatic nitrogens is 5. The van der Waals surface area contributed by atoms with Crippen LogP contribution in [0.1, 0.15) is 0 Å². The Kier molecular flexibility index (Phi) is 2.41. The summed E-state index contributed by atoms with van der Waals surface area (Å²) in [6, 6.07) is 1.70. The van der Waals surface area contributed by atoms with Crippen molar-refractivity contribution in [3.8, 4) is 17.1 Å². The summed E-state index contributed by atoms with van der Waals surface area (Å²) in [5, 5.41) is 0. The first kappa shape index (κ1) is 11.2. The molecule has 3 heterocycles. The SMILES string of the molecule is COc1cnccc1-c1nc2[nH]c(=O)[nH]c(=O)c2[nH]1. The molecule has 8 nitrogen and oxygen atoms in total. The van der Waals surface area contributed by atoms with Crippen LogP contribution in [0, 0.1) is 0 Å². The van der Waals surface area contributed by atoms with Crippen molar-refractivity contribution in [2.24, 2.45) is 0 Å². The molecule has 0 aliphatic carbocycles. The standard InChI is InChI=1S/C11H9N5O3/c1-19-6-4-12-3-2-5(6)8-13-7-9(14-8)15-11(18)16-10(7)17/h2-4H,1H3,(H3,13,14,15,16,17,18). The molecule has 19 heavy (non-hydrogen) atoms. The lowest BCUT2D eigenvalue weighted by atomic mass is 10.2. The van der Waals surface area contributed by atoms with Crippen molar-refractivity contribution in [1.29, 1.82) is 0 Å². The van der Waals surface area contributed by atoms with Crippen LogP contribution in [-0.2, 0) is 0 Å². The third-order valence-electron chi connectivity index (χ3n) is 2.65. The van der Waals surface area contributed by atoms with Crippen molar-refractivity contribution in [3.63, 3.8) is 0 Å². The maximum atomic E-state index is 11.6. The molecular formula is C11H9N5O3. The van der Waals surface area contributed by atoms with Crippen molar-refractivity contribution in [2.75, 3.05) is 7.11 Å². The van der Waals surface area contributed by atoms with Gasteiger partial charge < -0.3 is 9.72 Å². The van der Waals surface area contributed by atoms with Gasteiger partial charge in [0.15, 0.2) is 5.65 Å². The third kappa shape index (κ3) is 1.79. The monoisotopic (exact) mass is 259 g/mol. The Bertz CT molecular complexity index is 860. The number of nitrogens with one attached hydrogen (secondary N) is 3. The van der Waals surface area contributed by atoms with Gasteiger partial charge in [0.05, 0.1) is 18.9 Å². The molecule has 3 N–H and O–H groups in total. The van der Waals surface area contributed by atoms with Crippen LogP contribution in [0.5, 0.6) is 5.75 Å². The first-order chi connectivity index (χ1) is 9.19. The van der Waals surface area contributed by atoms with Gasteiger partial charge >= 0.3 is 5.69 Å². The number of rotatable bonds is 2. The van der Waals surface area contributed by atoms with Gasteiger partial charge in [0.2, 0.25) is 0 Å². The highest BCUT2D eigenvalue weighted by Gasteiger charge is 2.12. The second-order valence-corrected chi connectivity index (χ2v) is 3.79. The molecule has 0 saturated heterocycles. The number of ether oxygens (including phenoxy) is 1. The summed E-state index contributed by atoms with van der Waals surface area (Å²) < 4.78 is 5.17. The Morgan fingerprint density at radius 1 is 1.21 bits per heavy atom. The third-order valence-corrected chi connectivity index (χ3v) is 2.65. The lowest BCUT2D eigenvalue weighted by Crippen LogP contribution is -2.21. The quantitative estimate of drug-likeness (QED) is 0.599. The van der Waals surface area contributed by atoms with Crippen LogP contribution in [0.15, 0.2) is 28.0 Å². The number of methoxy groups -OCH3 is 1. The van der Waals surface area contributed by atoms with E-state index in [9.17, 15) is 9.59 Å². The summed E-state index contributed by atoms with van der Waals surface area (Å²) >= 11 is 0. The molecule has 3 aromatic heterocycles. The van der Waals surface area contributed by atoms with E-state index < -0.39 is 11.2 Å². The number of H-pyrrole nitrogens is 3. The van der Waals surface area contributed by atoms with Crippen LogP contribution in [0.25, 0.3) is 22.6 Å². The molecular weight excluding hydrogens is 250 g/mol. The highest BCUT2D eigenvalue weighted by atomic mass is 16.5. The Balaban J connectivity index is 2.29. The zero-order valence-corrected chi connectivity index (χ0v) is 9.85. The van der Waals surface area contributed by atoms with E-state index in [1.165, 1.54) is 13.3 Å². The number of aromatic amines is 3. The van der Waals surface area contributed by atoms with E-state index in [4.69, 9.17) is 4.74 Å². The van der Waals surface area contributed by atoms with Crippen LogP contribution in [0.3, 0.4) is 0 Å². The highest BCUT2D eigenvalue weighted by molar-refractivity contribution is 5.76. The average Bonchev–Trinajstić information content (AvgIpc) is 2.82. The van der Waals surface area contributed by atoms with Gasteiger partial charge in [-0.25, -0.2) is 9.78 Å². The Morgan fingerprint density at radius 3 is 2.84 bits per heavy atom. The Labute approximate surface area is 105 Å². The van der Waals surface area contributed by atoms with Crippen molar-refractivity contribution in [2.45, 2.75) is 0 Å². The van der Waals surface area contributed by atoms with Gasteiger partial charge in [-0.15, -0.1) is 0 Å². The zero-order chi connectivity index (χ0) is 13.4. The van der Waals surface area contributed by atoms with Crippen LogP contribution >= 0.6 is 0 Å². The molecule has 0 unspecified atom stereocenters. The van der Waals surface area contributed by atoms with Crippen LogP contribution in [0.2, 0.25) is 0 Å². The number of pyridine rings is 1. The molecule has 0 atom stereocenters. The lowest BCUT2D eigenvalue weighted by Gasteiger charge is -2.03. The molecule has 0 bridgehead atoms. The lowest BCUT2D eigenvalue weighted by molar-refractivity contribution is 0.414.